The SMILES string of the molecule is CCN(CC)CCN(C(=O)c1ccc(C(=O)OC)cc1)c1nc2c(OC)ccc(Cl)c2s1. The maximum absolute atomic E-state index is 13.5. The van der Waals surface area contributed by atoms with Crippen molar-refractivity contribution < 1.29 is 19.1 Å². The second-order valence-corrected chi connectivity index (χ2v) is 8.36. The van der Waals surface area contributed by atoms with Gasteiger partial charge in [0.05, 0.1) is 29.5 Å². The van der Waals surface area contributed by atoms with E-state index in [4.69, 9.17) is 26.1 Å². The van der Waals surface area contributed by atoms with E-state index in [0.717, 1.165) is 17.8 Å². The van der Waals surface area contributed by atoms with Gasteiger partial charge in [-0.3, -0.25) is 9.69 Å². The van der Waals surface area contributed by atoms with Gasteiger partial charge in [-0.25, -0.2) is 9.78 Å². The Hall–Kier alpha value is -2.68. The van der Waals surface area contributed by atoms with Crippen molar-refractivity contribution in [2.45, 2.75) is 13.8 Å². The minimum atomic E-state index is -0.449. The topological polar surface area (TPSA) is 72.0 Å². The molecule has 0 aliphatic carbocycles. The van der Waals surface area contributed by atoms with Gasteiger partial charge in [-0.05, 0) is 49.5 Å². The Labute approximate surface area is 196 Å². The van der Waals surface area contributed by atoms with E-state index in [-0.39, 0.29) is 5.91 Å². The number of thiazole rings is 1. The first-order valence-electron chi connectivity index (χ1n) is 10.3. The van der Waals surface area contributed by atoms with Crippen molar-refractivity contribution in [2.75, 3.05) is 45.3 Å². The third kappa shape index (κ3) is 5.03. The van der Waals surface area contributed by atoms with Crippen molar-refractivity contribution in [1.29, 1.82) is 0 Å². The quantitative estimate of drug-likeness (QED) is 0.416. The van der Waals surface area contributed by atoms with E-state index in [1.54, 1.807) is 48.4 Å². The number of likely N-dealkylation sites (N-methyl/N-ethyl adjacent to an activating group) is 1. The number of carbonyl (C=O) groups is 2. The molecule has 2 aromatic carbocycles. The first-order valence-corrected chi connectivity index (χ1v) is 11.5. The number of nitrogens with zero attached hydrogens (tertiary/aromatic N) is 3. The summed E-state index contributed by atoms with van der Waals surface area (Å²) in [6.45, 7) is 7.09. The van der Waals surface area contributed by atoms with Crippen LogP contribution in [-0.2, 0) is 4.74 Å². The summed E-state index contributed by atoms with van der Waals surface area (Å²) in [7, 11) is 2.90. The standard InChI is InChI=1S/C23H26ClN3O4S/c1-5-26(6-2)13-14-27(21(28)15-7-9-16(10-8-15)22(29)31-4)23-25-19-18(30-3)12-11-17(24)20(19)32-23/h7-12H,5-6,13-14H2,1-4H3. The fourth-order valence-corrected chi connectivity index (χ4v) is 4.59. The molecule has 0 atom stereocenters. The van der Waals surface area contributed by atoms with Crippen LogP contribution in [0.5, 0.6) is 5.75 Å². The van der Waals surface area contributed by atoms with Crippen LogP contribution >= 0.6 is 22.9 Å². The van der Waals surface area contributed by atoms with Gasteiger partial charge in [0.1, 0.15) is 11.3 Å². The Kier molecular flexibility index (Phi) is 8.06. The van der Waals surface area contributed by atoms with E-state index in [0.29, 0.717) is 45.6 Å². The fraction of sp³-hybridized carbons (Fsp3) is 0.348. The number of ether oxygens (including phenoxy) is 2. The van der Waals surface area contributed by atoms with Crippen molar-refractivity contribution in [2.24, 2.45) is 0 Å². The summed E-state index contributed by atoms with van der Waals surface area (Å²) in [5, 5.41) is 1.10. The zero-order valence-electron chi connectivity index (χ0n) is 18.6. The number of anilines is 1. The summed E-state index contributed by atoms with van der Waals surface area (Å²) in [5.41, 5.74) is 1.46. The van der Waals surface area contributed by atoms with Gasteiger partial charge in [-0.2, -0.15) is 0 Å². The molecule has 0 aliphatic heterocycles. The van der Waals surface area contributed by atoms with E-state index in [9.17, 15) is 9.59 Å². The van der Waals surface area contributed by atoms with E-state index >= 15 is 0 Å². The lowest BCUT2D eigenvalue weighted by Crippen LogP contribution is -2.38. The van der Waals surface area contributed by atoms with Crippen LogP contribution in [0.4, 0.5) is 5.13 Å². The van der Waals surface area contributed by atoms with Crippen LogP contribution in [0.2, 0.25) is 5.02 Å². The zero-order valence-corrected chi connectivity index (χ0v) is 20.1. The minimum absolute atomic E-state index is 0.206. The van der Waals surface area contributed by atoms with Crippen molar-refractivity contribution in [3.05, 3.63) is 52.5 Å². The summed E-state index contributed by atoms with van der Waals surface area (Å²) >= 11 is 7.75. The number of aromatic nitrogens is 1. The number of methoxy groups -OCH3 is 2. The van der Waals surface area contributed by atoms with E-state index in [2.05, 4.69) is 18.7 Å². The Morgan fingerprint density at radius 3 is 2.25 bits per heavy atom. The van der Waals surface area contributed by atoms with Gasteiger partial charge in [0, 0.05) is 18.7 Å². The number of hydrogen-bond acceptors (Lipinski definition) is 7. The number of hydrogen-bond donors (Lipinski definition) is 0. The molecule has 0 aliphatic rings. The number of halogens is 1. The lowest BCUT2D eigenvalue weighted by atomic mass is 10.1. The largest absolute Gasteiger partial charge is 0.494 e. The molecule has 0 spiro atoms. The second kappa shape index (κ2) is 10.8. The van der Waals surface area contributed by atoms with Gasteiger partial charge in [0.25, 0.3) is 5.91 Å². The summed E-state index contributed by atoms with van der Waals surface area (Å²) in [5.74, 6) is -0.0523. The van der Waals surface area contributed by atoms with Crippen molar-refractivity contribution in [1.82, 2.24) is 9.88 Å². The maximum atomic E-state index is 13.5. The van der Waals surface area contributed by atoms with Crippen LogP contribution in [0.1, 0.15) is 34.6 Å². The summed E-state index contributed by atoms with van der Waals surface area (Å²) in [6, 6.07) is 9.94. The molecule has 0 radical (unpaired) electrons. The highest BCUT2D eigenvalue weighted by atomic mass is 35.5. The van der Waals surface area contributed by atoms with Crippen LogP contribution in [-0.4, -0.2) is 62.2 Å². The molecule has 170 valence electrons. The maximum Gasteiger partial charge on any atom is 0.337 e. The molecule has 32 heavy (non-hydrogen) atoms. The van der Waals surface area contributed by atoms with Crippen molar-refractivity contribution in [3.63, 3.8) is 0 Å². The Balaban J connectivity index is 2.00. The third-order valence-electron chi connectivity index (χ3n) is 5.23. The van der Waals surface area contributed by atoms with Gasteiger partial charge in [-0.1, -0.05) is 36.8 Å². The van der Waals surface area contributed by atoms with Crippen LogP contribution in [0.3, 0.4) is 0 Å². The van der Waals surface area contributed by atoms with Crippen LogP contribution < -0.4 is 9.64 Å². The molecule has 1 aromatic heterocycles. The summed E-state index contributed by atoms with van der Waals surface area (Å²) in [4.78, 5) is 33.8. The van der Waals surface area contributed by atoms with Crippen LogP contribution in [0.25, 0.3) is 10.2 Å². The number of rotatable bonds is 9. The predicted molar refractivity (Wildman–Crippen MR) is 128 cm³/mol. The number of fused-ring (bicyclic) bond motifs is 1. The second-order valence-electron chi connectivity index (χ2n) is 6.98. The number of amides is 1. The Bertz CT molecular complexity index is 1100. The van der Waals surface area contributed by atoms with E-state index < -0.39 is 5.97 Å². The first-order chi connectivity index (χ1) is 15.4. The Morgan fingerprint density at radius 1 is 1.00 bits per heavy atom. The highest BCUT2D eigenvalue weighted by Gasteiger charge is 2.24. The molecule has 3 rings (SSSR count). The molecule has 0 saturated carbocycles. The normalized spacial score (nSPS) is 11.1. The van der Waals surface area contributed by atoms with Gasteiger partial charge in [-0.15, -0.1) is 0 Å². The highest BCUT2D eigenvalue weighted by molar-refractivity contribution is 7.23. The number of carbonyl (C=O) groups excluding carboxylic acids is 2. The average molecular weight is 476 g/mol. The first kappa shape index (κ1) is 24.0. The number of benzene rings is 2. The number of esters is 1. The molecule has 0 N–H and O–H groups in total. The lowest BCUT2D eigenvalue weighted by Gasteiger charge is -2.24. The monoisotopic (exact) mass is 475 g/mol. The molecular formula is C23H26ClN3O4S. The van der Waals surface area contributed by atoms with E-state index in [1.807, 2.05) is 0 Å². The van der Waals surface area contributed by atoms with Gasteiger partial charge < -0.3 is 14.4 Å². The molecule has 7 nitrogen and oxygen atoms in total. The van der Waals surface area contributed by atoms with Crippen LogP contribution in [0.15, 0.2) is 36.4 Å². The fourth-order valence-electron chi connectivity index (χ4n) is 3.31. The lowest BCUT2D eigenvalue weighted by molar-refractivity contribution is 0.0600. The van der Waals surface area contributed by atoms with Gasteiger partial charge in [0.2, 0.25) is 0 Å². The molecule has 0 bridgehead atoms. The Morgan fingerprint density at radius 2 is 1.66 bits per heavy atom. The molecule has 9 heteroatoms. The smallest absolute Gasteiger partial charge is 0.337 e. The zero-order chi connectivity index (χ0) is 23.3. The minimum Gasteiger partial charge on any atom is -0.494 e. The molecule has 0 saturated heterocycles. The van der Waals surface area contributed by atoms with Crippen molar-refractivity contribution >= 4 is 50.2 Å². The van der Waals surface area contributed by atoms with Crippen molar-refractivity contribution in [3.8, 4) is 5.75 Å². The van der Waals surface area contributed by atoms with Gasteiger partial charge in [0.15, 0.2) is 5.13 Å². The molecular weight excluding hydrogens is 450 g/mol. The van der Waals surface area contributed by atoms with Gasteiger partial charge >= 0.3 is 5.97 Å². The highest BCUT2D eigenvalue weighted by Crippen LogP contribution is 2.39. The summed E-state index contributed by atoms with van der Waals surface area (Å²) < 4.78 is 10.9. The molecule has 3 aromatic rings. The van der Waals surface area contributed by atoms with Crippen LogP contribution in [0, 0.1) is 0 Å². The average Bonchev–Trinajstić information content (AvgIpc) is 3.27. The molecule has 0 unspecified atom stereocenters. The molecule has 1 amide bonds. The molecule has 0 fully saturated rings. The van der Waals surface area contributed by atoms with E-state index in [1.165, 1.54) is 18.4 Å². The third-order valence-corrected chi connectivity index (χ3v) is 6.77. The molecule has 1 heterocycles. The summed E-state index contributed by atoms with van der Waals surface area (Å²) in [6.07, 6.45) is 0. The predicted octanol–water partition coefficient (Wildman–Crippen LogP) is 4.73.